The average molecular weight is 436 g/mol. The fourth-order valence-electron chi connectivity index (χ4n) is 3.84. The first-order chi connectivity index (χ1) is 15.7. The molecule has 0 spiro atoms. The average Bonchev–Trinajstić information content (AvgIpc) is 2.86. The Kier molecular flexibility index (Phi) is 7.02. The molecule has 6 heteroatoms. The summed E-state index contributed by atoms with van der Waals surface area (Å²) in [5.74, 6) is 3.40. The highest BCUT2D eigenvalue weighted by molar-refractivity contribution is 5.51. The van der Waals surface area contributed by atoms with E-state index in [0.717, 1.165) is 17.1 Å². The van der Waals surface area contributed by atoms with Crippen molar-refractivity contribution in [1.82, 2.24) is 5.32 Å². The topological polar surface area (TPSA) is 58.2 Å². The molecule has 0 saturated heterocycles. The van der Waals surface area contributed by atoms with E-state index in [1.165, 1.54) is 0 Å². The Labute approximate surface area is 189 Å². The van der Waals surface area contributed by atoms with Gasteiger partial charge in [0.05, 0.1) is 14.2 Å². The normalized spacial score (nSPS) is 18.0. The van der Waals surface area contributed by atoms with Crippen molar-refractivity contribution in [1.29, 1.82) is 0 Å². The van der Waals surface area contributed by atoms with Crippen molar-refractivity contribution < 1.29 is 23.7 Å². The van der Waals surface area contributed by atoms with Gasteiger partial charge in [0, 0.05) is 12.6 Å². The van der Waals surface area contributed by atoms with E-state index in [1.54, 1.807) is 14.2 Å². The number of ether oxygens (including phenoxy) is 5. The summed E-state index contributed by atoms with van der Waals surface area (Å²) in [6.45, 7) is 3.16. The first kappa shape index (κ1) is 21.8. The Morgan fingerprint density at radius 1 is 0.812 bits per heavy atom. The molecule has 0 saturated carbocycles. The predicted octanol–water partition coefficient (Wildman–Crippen LogP) is 4.64. The number of hydrogen-bond acceptors (Lipinski definition) is 6. The smallest absolute Gasteiger partial charge is 0.203 e. The van der Waals surface area contributed by atoms with Gasteiger partial charge in [0.2, 0.25) is 5.75 Å². The number of hydrogen-bond donors (Lipinski definition) is 1. The van der Waals surface area contributed by atoms with Crippen molar-refractivity contribution in [3.63, 3.8) is 0 Å². The molecule has 0 amide bonds. The largest absolute Gasteiger partial charge is 0.493 e. The number of para-hydroxylation sites is 3. The lowest BCUT2D eigenvalue weighted by Crippen LogP contribution is -2.48. The fourth-order valence-corrected chi connectivity index (χ4v) is 3.84. The summed E-state index contributed by atoms with van der Waals surface area (Å²) < 4.78 is 29.5. The lowest BCUT2D eigenvalue weighted by atomic mass is 9.98. The molecule has 3 aromatic carbocycles. The van der Waals surface area contributed by atoms with Gasteiger partial charge in [-0.3, -0.25) is 0 Å². The van der Waals surface area contributed by atoms with Gasteiger partial charge in [-0.05, 0) is 36.8 Å². The van der Waals surface area contributed by atoms with Crippen molar-refractivity contribution in [2.75, 3.05) is 27.4 Å². The summed E-state index contributed by atoms with van der Waals surface area (Å²) in [5, 5.41) is 3.52. The van der Waals surface area contributed by atoms with E-state index in [0.29, 0.717) is 30.4 Å². The van der Waals surface area contributed by atoms with Crippen LogP contribution in [0.1, 0.15) is 18.6 Å². The third-order valence-corrected chi connectivity index (χ3v) is 5.48. The van der Waals surface area contributed by atoms with Crippen molar-refractivity contribution in [3.8, 4) is 28.7 Å². The molecule has 0 aromatic heterocycles. The summed E-state index contributed by atoms with van der Waals surface area (Å²) in [6.07, 6.45) is -0.420. The Balaban J connectivity index is 1.42. The van der Waals surface area contributed by atoms with Crippen LogP contribution in [0.4, 0.5) is 0 Å². The molecule has 1 heterocycles. The molecule has 0 aliphatic carbocycles. The Bertz CT molecular complexity index is 988. The summed E-state index contributed by atoms with van der Waals surface area (Å²) in [5.41, 5.74) is 1.08. The number of nitrogens with one attached hydrogen (secondary N) is 1. The number of benzene rings is 3. The molecule has 6 nitrogen and oxygen atoms in total. The minimum absolute atomic E-state index is 0.0109. The van der Waals surface area contributed by atoms with Gasteiger partial charge in [0.25, 0.3) is 0 Å². The quantitative estimate of drug-likeness (QED) is 0.494. The van der Waals surface area contributed by atoms with Crippen LogP contribution in [-0.2, 0) is 0 Å². The van der Waals surface area contributed by atoms with Crippen LogP contribution in [0.25, 0.3) is 0 Å². The minimum Gasteiger partial charge on any atom is -0.493 e. The van der Waals surface area contributed by atoms with E-state index < -0.39 is 0 Å². The zero-order valence-electron chi connectivity index (χ0n) is 18.6. The summed E-state index contributed by atoms with van der Waals surface area (Å²) in [6, 6.07) is 23.5. The monoisotopic (exact) mass is 435 g/mol. The fraction of sp³-hybridized carbons (Fsp3) is 0.308. The number of rotatable bonds is 9. The molecule has 1 N–H and O–H groups in total. The van der Waals surface area contributed by atoms with Gasteiger partial charge in [-0.2, -0.15) is 0 Å². The van der Waals surface area contributed by atoms with Crippen molar-refractivity contribution in [2.24, 2.45) is 0 Å². The molecule has 3 aromatic rings. The van der Waals surface area contributed by atoms with Crippen molar-refractivity contribution in [2.45, 2.75) is 25.2 Å². The predicted molar refractivity (Wildman–Crippen MR) is 123 cm³/mol. The lowest BCUT2D eigenvalue weighted by Gasteiger charge is -2.37. The maximum absolute atomic E-state index is 6.38. The van der Waals surface area contributed by atoms with Crippen LogP contribution < -0.4 is 29.0 Å². The van der Waals surface area contributed by atoms with Crippen LogP contribution in [0.2, 0.25) is 0 Å². The first-order valence-corrected chi connectivity index (χ1v) is 10.8. The standard InChI is InChI=1S/C26H29NO5/c1-18(27-16-17-30-26-22(28-2)14-9-15-23(26)29-3)24-25(19-10-5-4-6-11-19)32-21-13-8-7-12-20(21)31-24/h4-15,18,24-25,27H,16-17H2,1-3H3/t18?,24-,25-/m1/s1. The van der Waals surface area contributed by atoms with Gasteiger partial charge in [-0.1, -0.05) is 48.5 Å². The van der Waals surface area contributed by atoms with E-state index in [9.17, 15) is 0 Å². The van der Waals surface area contributed by atoms with Crippen molar-refractivity contribution >= 4 is 0 Å². The van der Waals surface area contributed by atoms with Crippen LogP contribution >= 0.6 is 0 Å². The molecule has 3 atom stereocenters. The lowest BCUT2D eigenvalue weighted by molar-refractivity contribution is 0.000390. The van der Waals surface area contributed by atoms with Crippen LogP contribution in [-0.4, -0.2) is 39.5 Å². The van der Waals surface area contributed by atoms with E-state index >= 15 is 0 Å². The van der Waals surface area contributed by atoms with Crippen LogP contribution in [0.5, 0.6) is 28.7 Å². The second kappa shape index (κ2) is 10.3. The molecule has 4 rings (SSSR count). The molecular formula is C26H29NO5. The van der Waals surface area contributed by atoms with Gasteiger partial charge in [-0.15, -0.1) is 0 Å². The summed E-state index contributed by atoms with van der Waals surface area (Å²) in [4.78, 5) is 0. The third-order valence-electron chi connectivity index (χ3n) is 5.48. The minimum atomic E-state index is -0.219. The van der Waals surface area contributed by atoms with Gasteiger partial charge < -0.3 is 29.0 Å². The van der Waals surface area contributed by atoms with E-state index in [4.69, 9.17) is 23.7 Å². The van der Waals surface area contributed by atoms with Gasteiger partial charge in [-0.25, -0.2) is 0 Å². The molecular weight excluding hydrogens is 406 g/mol. The molecule has 1 unspecified atom stereocenters. The van der Waals surface area contributed by atoms with Crippen LogP contribution in [0, 0.1) is 0 Å². The highest BCUT2D eigenvalue weighted by Gasteiger charge is 2.36. The summed E-state index contributed by atoms with van der Waals surface area (Å²) >= 11 is 0. The number of methoxy groups -OCH3 is 2. The molecule has 1 aliphatic rings. The third kappa shape index (κ3) is 4.75. The van der Waals surface area contributed by atoms with Gasteiger partial charge in [0.1, 0.15) is 6.61 Å². The Hall–Kier alpha value is -3.38. The van der Waals surface area contributed by atoms with Gasteiger partial charge >= 0.3 is 0 Å². The zero-order valence-corrected chi connectivity index (χ0v) is 18.6. The van der Waals surface area contributed by atoms with E-state index in [2.05, 4.69) is 24.4 Å². The highest BCUT2D eigenvalue weighted by atomic mass is 16.6. The highest BCUT2D eigenvalue weighted by Crippen LogP contribution is 2.40. The maximum atomic E-state index is 6.38. The first-order valence-electron chi connectivity index (χ1n) is 10.8. The van der Waals surface area contributed by atoms with E-state index in [-0.39, 0.29) is 18.2 Å². The Morgan fingerprint density at radius 3 is 2.09 bits per heavy atom. The van der Waals surface area contributed by atoms with Gasteiger partial charge in [0.15, 0.2) is 35.2 Å². The zero-order chi connectivity index (χ0) is 22.3. The Morgan fingerprint density at radius 2 is 1.44 bits per heavy atom. The SMILES string of the molecule is COc1cccc(OC)c1OCCNC(C)[C@H]1Oc2ccccc2O[C@@H]1c1ccccc1. The second-order valence-corrected chi connectivity index (χ2v) is 7.56. The molecule has 0 fully saturated rings. The van der Waals surface area contributed by atoms with Crippen LogP contribution in [0.15, 0.2) is 72.8 Å². The molecule has 0 bridgehead atoms. The molecule has 32 heavy (non-hydrogen) atoms. The molecule has 168 valence electrons. The van der Waals surface area contributed by atoms with E-state index in [1.807, 2.05) is 60.7 Å². The maximum Gasteiger partial charge on any atom is 0.203 e. The molecule has 0 radical (unpaired) electrons. The van der Waals surface area contributed by atoms with Crippen molar-refractivity contribution in [3.05, 3.63) is 78.4 Å². The summed E-state index contributed by atoms with van der Waals surface area (Å²) in [7, 11) is 3.23. The second-order valence-electron chi connectivity index (χ2n) is 7.56. The number of fused-ring (bicyclic) bond motifs is 1. The van der Waals surface area contributed by atoms with Crippen LogP contribution in [0.3, 0.4) is 0 Å². The molecule has 1 aliphatic heterocycles.